The normalized spacial score (nSPS) is 15.8. The molecule has 0 radical (unpaired) electrons. The highest BCUT2D eigenvalue weighted by atomic mass is 32.1. The topological polar surface area (TPSA) is 49.3 Å². The van der Waals surface area contributed by atoms with Crippen molar-refractivity contribution in [2.24, 2.45) is 0 Å². The number of hydrogen-bond acceptors (Lipinski definition) is 3. The molecule has 1 aliphatic rings. The molecule has 2 heterocycles. The lowest BCUT2D eigenvalue weighted by Crippen LogP contribution is -2.31. The van der Waals surface area contributed by atoms with E-state index >= 15 is 0 Å². The van der Waals surface area contributed by atoms with Crippen LogP contribution in [0, 0.1) is 6.92 Å². The van der Waals surface area contributed by atoms with Crippen molar-refractivity contribution >= 4 is 17.2 Å². The van der Waals surface area contributed by atoms with Crippen molar-refractivity contribution in [1.82, 2.24) is 5.32 Å². The quantitative estimate of drug-likeness (QED) is 0.883. The van der Waals surface area contributed by atoms with Crippen LogP contribution in [0.2, 0.25) is 0 Å². The maximum Gasteiger partial charge on any atom is 0.251 e. The number of aryl methyl sites for hydroxylation is 1. The van der Waals surface area contributed by atoms with E-state index in [1.807, 2.05) is 37.3 Å². The first-order valence-electron chi connectivity index (χ1n) is 6.30. The maximum absolute atomic E-state index is 11.8. The standard InChI is InChI=1S/C15H15NO2S/c1-9-2-5-13(19-9)14(17)11-4-3-10-6-7-16-15(18)12(10)8-11/h2-5,8,14,17H,6-7H2,1H3,(H,16,18). The third-order valence-electron chi connectivity index (χ3n) is 3.40. The minimum Gasteiger partial charge on any atom is -0.383 e. The van der Waals surface area contributed by atoms with Crippen LogP contribution in [0.25, 0.3) is 0 Å². The zero-order valence-electron chi connectivity index (χ0n) is 10.6. The van der Waals surface area contributed by atoms with Gasteiger partial charge < -0.3 is 10.4 Å². The molecular weight excluding hydrogens is 258 g/mol. The predicted octanol–water partition coefficient (Wildman–Crippen LogP) is 2.42. The molecule has 1 aliphatic heterocycles. The number of rotatable bonds is 2. The molecule has 3 nitrogen and oxygen atoms in total. The van der Waals surface area contributed by atoms with Crippen LogP contribution in [0.1, 0.15) is 37.3 Å². The van der Waals surface area contributed by atoms with Gasteiger partial charge in [0.25, 0.3) is 5.91 Å². The van der Waals surface area contributed by atoms with Gasteiger partial charge in [0.15, 0.2) is 0 Å². The largest absolute Gasteiger partial charge is 0.383 e. The lowest BCUT2D eigenvalue weighted by Gasteiger charge is -2.18. The van der Waals surface area contributed by atoms with Crippen molar-refractivity contribution in [2.75, 3.05) is 6.54 Å². The summed E-state index contributed by atoms with van der Waals surface area (Å²) in [4.78, 5) is 13.9. The zero-order chi connectivity index (χ0) is 13.4. The Balaban J connectivity index is 1.97. The molecule has 1 unspecified atom stereocenters. The molecule has 2 aromatic rings. The molecule has 0 bridgehead atoms. The summed E-state index contributed by atoms with van der Waals surface area (Å²) in [7, 11) is 0. The van der Waals surface area contributed by atoms with E-state index in [2.05, 4.69) is 5.32 Å². The minimum absolute atomic E-state index is 0.0438. The molecule has 4 heteroatoms. The Kier molecular flexibility index (Phi) is 3.12. The SMILES string of the molecule is Cc1ccc(C(O)c2ccc3c(c2)C(=O)NCC3)s1. The number of amides is 1. The summed E-state index contributed by atoms with van der Waals surface area (Å²) in [6.07, 6.45) is 0.203. The maximum atomic E-state index is 11.8. The highest BCUT2D eigenvalue weighted by molar-refractivity contribution is 7.12. The summed E-state index contributed by atoms with van der Waals surface area (Å²) in [5, 5.41) is 13.2. The van der Waals surface area contributed by atoms with Gasteiger partial charge >= 0.3 is 0 Å². The summed E-state index contributed by atoms with van der Waals surface area (Å²) >= 11 is 1.58. The lowest BCUT2D eigenvalue weighted by molar-refractivity contribution is 0.0945. The number of thiophene rings is 1. The van der Waals surface area contributed by atoms with Crippen LogP contribution < -0.4 is 5.32 Å². The first-order valence-corrected chi connectivity index (χ1v) is 7.12. The van der Waals surface area contributed by atoms with Gasteiger partial charge in [-0.25, -0.2) is 0 Å². The van der Waals surface area contributed by atoms with Gasteiger partial charge in [0.05, 0.1) is 0 Å². The molecule has 1 aromatic carbocycles. The van der Waals surface area contributed by atoms with Gasteiger partial charge in [-0.15, -0.1) is 11.3 Å². The molecule has 1 amide bonds. The summed E-state index contributed by atoms with van der Waals surface area (Å²) in [6, 6.07) is 9.60. The van der Waals surface area contributed by atoms with Crippen LogP contribution in [-0.2, 0) is 6.42 Å². The van der Waals surface area contributed by atoms with Crippen molar-refractivity contribution in [2.45, 2.75) is 19.4 Å². The van der Waals surface area contributed by atoms with E-state index in [-0.39, 0.29) is 5.91 Å². The minimum atomic E-state index is -0.654. The molecular formula is C15H15NO2S. The highest BCUT2D eigenvalue weighted by Gasteiger charge is 2.19. The van der Waals surface area contributed by atoms with Crippen LogP contribution in [0.5, 0.6) is 0 Å². The van der Waals surface area contributed by atoms with Crippen LogP contribution >= 0.6 is 11.3 Å². The van der Waals surface area contributed by atoms with Gasteiger partial charge in [-0.05, 0) is 42.7 Å². The molecule has 0 saturated heterocycles. The smallest absolute Gasteiger partial charge is 0.251 e. The van der Waals surface area contributed by atoms with Crippen LogP contribution in [0.15, 0.2) is 30.3 Å². The number of aliphatic hydroxyl groups excluding tert-OH is 1. The van der Waals surface area contributed by atoms with Crippen molar-refractivity contribution in [1.29, 1.82) is 0 Å². The average Bonchev–Trinajstić information content (AvgIpc) is 2.85. The van der Waals surface area contributed by atoms with Crippen molar-refractivity contribution in [3.05, 3.63) is 56.8 Å². The highest BCUT2D eigenvalue weighted by Crippen LogP contribution is 2.29. The number of benzene rings is 1. The lowest BCUT2D eigenvalue weighted by atomic mass is 9.96. The molecule has 19 heavy (non-hydrogen) atoms. The summed E-state index contributed by atoms with van der Waals surface area (Å²) in [5.41, 5.74) is 2.52. The van der Waals surface area contributed by atoms with E-state index in [0.29, 0.717) is 12.1 Å². The van der Waals surface area contributed by atoms with Gasteiger partial charge in [-0.1, -0.05) is 12.1 Å². The molecule has 98 valence electrons. The second-order valence-electron chi connectivity index (χ2n) is 4.77. The summed E-state index contributed by atoms with van der Waals surface area (Å²) in [5.74, 6) is -0.0438. The van der Waals surface area contributed by atoms with Crippen molar-refractivity contribution in [3.63, 3.8) is 0 Å². The number of aliphatic hydroxyl groups is 1. The Morgan fingerprint density at radius 2 is 2.16 bits per heavy atom. The fraction of sp³-hybridized carbons (Fsp3) is 0.267. The Hall–Kier alpha value is -1.65. The van der Waals surface area contributed by atoms with E-state index in [1.165, 1.54) is 4.88 Å². The van der Waals surface area contributed by atoms with E-state index < -0.39 is 6.10 Å². The third kappa shape index (κ3) is 2.29. The van der Waals surface area contributed by atoms with Crippen molar-refractivity contribution < 1.29 is 9.90 Å². The van der Waals surface area contributed by atoms with Crippen LogP contribution in [-0.4, -0.2) is 17.6 Å². The Labute approximate surface area is 115 Å². The molecule has 1 atom stereocenters. The van der Waals surface area contributed by atoms with Crippen LogP contribution in [0.4, 0.5) is 0 Å². The fourth-order valence-corrected chi connectivity index (χ4v) is 3.26. The summed E-state index contributed by atoms with van der Waals surface area (Å²) in [6.45, 7) is 2.71. The van der Waals surface area contributed by atoms with Gasteiger partial charge in [-0.3, -0.25) is 4.79 Å². The van der Waals surface area contributed by atoms with Gasteiger partial charge in [0.1, 0.15) is 6.10 Å². The second kappa shape index (κ2) is 4.79. The number of carbonyl (C=O) groups is 1. The third-order valence-corrected chi connectivity index (χ3v) is 4.46. The summed E-state index contributed by atoms with van der Waals surface area (Å²) < 4.78 is 0. The fourth-order valence-electron chi connectivity index (χ4n) is 2.36. The number of fused-ring (bicyclic) bond motifs is 1. The Bertz CT molecular complexity index is 633. The van der Waals surface area contributed by atoms with Crippen LogP contribution in [0.3, 0.4) is 0 Å². The molecule has 2 N–H and O–H groups in total. The Morgan fingerprint density at radius 3 is 2.89 bits per heavy atom. The van der Waals surface area contributed by atoms with Gasteiger partial charge in [0, 0.05) is 21.9 Å². The molecule has 0 spiro atoms. The van der Waals surface area contributed by atoms with Gasteiger partial charge in [0.2, 0.25) is 0 Å². The van der Waals surface area contributed by atoms with Crippen molar-refractivity contribution in [3.8, 4) is 0 Å². The molecule has 0 aliphatic carbocycles. The first kappa shape index (κ1) is 12.4. The second-order valence-corrected chi connectivity index (χ2v) is 6.09. The van der Waals surface area contributed by atoms with Gasteiger partial charge in [-0.2, -0.15) is 0 Å². The molecule has 0 saturated carbocycles. The first-order chi connectivity index (χ1) is 9.15. The molecule has 0 fully saturated rings. The molecule has 3 rings (SSSR count). The Morgan fingerprint density at radius 1 is 1.32 bits per heavy atom. The number of hydrogen-bond donors (Lipinski definition) is 2. The van der Waals surface area contributed by atoms with E-state index in [9.17, 15) is 9.90 Å². The zero-order valence-corrected chi connectivity index (χ0v) is 11.5. The van der Waals surface area contributed by atoms with E-state index in [1.54, 1.807) is 11.3 Å². The average molecular weight is 273 g/mol. The molecule has 1 aromatic heterocycles. The number of carbonyl (C=O) groups excluding carboxylic acids is 1. The van der Waals surface area contributed by atoms with E-state index in [0.717, 1.165) is 22.4 Å². The number of nitrogens with one attached hydrogen (secondary N) is 1. The van der Waals surface area contributed by atoms with E-state index in [4.69, 9.17) is 0 Å². The monoisotopic (exact) mass is 273 g/mol. The predicted molar refractivity (Wildman–Crippen MR) is 75.6 cm³/mol.